The van der Waals surface area contributed by atoms with E-state index in [0.29, 0.717) is 12.8 Å². The van der Waals surface area contributed by atoms with E-state index in [2.05, 4.69) is 4.72 Å². The van der Waals surface area contributed by atoms with Gasteiger partial charge in [0, 0.05) is 0 Å². The van der Waals surface area contributed by atoms with Crippen molar-refractivity contribution in [2.75, 3.05) is 10.5 Å². The maximum atomic E-state index is 12.9. The van der Waals surface area contributed by atoms with Gasteiger partial charge in [0.1, 0.15) is 5.82 Å². The number of carboxylic acid groups (broad SMARTS) is 1. The van der Waals surface area contributed by atoms with Crippen LogP contribution in [0.4, 0.5) is 10.1 Å². The first-order chi connectivity index (χ1) is 8.35. The zero-order chi connectivity index (χ0) is 13.8. The molecule has 0 saturated carbocycles. The van der Waals surface area contributed by atoms with Gasteiger partial charge < -0.3 is 5.11 Å². The number of halogens is 1. The molecule has 0 heterocycles. The molecule has 0 atom stereocenters. The van der Waals surface area contributed by atoms with Crippen LogP contribution in [-0.4, -0.2) is 25.2 Å². The van der Waals surface area contributed by atoms with Crippen molar-refractivity contribution < 1.29 is 22.7 Å². The zero-order valence-corrected chi connectivity index (χ0v) is 10.6. The van der Waals surface area contributed by atoms with Gasteiger partial charge in [0.05, 0.1) is 17.0 Å². The van der Waals surface area contributed by atoms with Crippen LogP contribution in [0.5, 0.6) is 0 Å². The topological polar surface area (TPSA) is 83.5 Å². The number of anilines is 1. The van der Waals surface area contributed by atoms with Crippen LogP contribution >= 0.6 is 0 Å². The lowest BCUT2D eigenvalue weighted by atomic mass is 10.2. The van der Waals surface area contributed by atoms with Gasteiger partial charge >= 0.3 is 5.97 Å². The molecule has 2 N–H and O–H groups in total. The smallest absolute Gasteiger partial charge is 0.337 e. The van der Waals surface area contributed by atoms with Crippen molar-refractivity contribution in [1.82, 2.24) is 0 Å². The van der Waals surface area contributed by atoms with E-state index in [1.54, 1.807) is 0 Å². The minimum atomic E-state index is -3.60. The summed E-state index contributed by atoms with van der Waals surface area (Å²) in [4.78, 5) is 10.9. The Morgan fingerprint density at radius 2 is 2.11 bits per heavy atom. The third-order valence-electron chi connectivity index (χ3n) is 2.24. The van der Waals surface area contributed by atoms with E-state index in [9.17, 15) is 17.6 Å². The monoisotopic (exact) mass is 275 g/mol. The van der Waals surface area contributed by atoms with Crippen molar-refractivity contribution in [3.8, 4) is 0 Å². The van der Waals surface area contributed by atoms with Crippen molar-refractivity contribution in [2.24, 2.45) is 0 Å². The van der Waals surface area contributed by atoms with Crippen LogP contribution in [0.2, 0.25) is 0 Å². The highest BCUT2D eigenvalue weighted by molar-refractivity contribution is 7.92. The molecule has 7 heteroatoms. The van der Waals surface area contributed by atoms with Gasteiger partial charge in [0.15, 0.2) is 0 Å². The molecule has 0 spiro atoms. The molecule has 18 heavy (non-hydrogen) atoms. The van der Waals surface area contributed by atoms with Crippen LogP contribution in [-0.2, 0) is 10.0 Å². The molecular formula is C11H14FNO4S. The minimum Gasteiger partial charge on any atom is -0.478 e. The Kier molecular flexibility index (Phi) is 4.66. The normalized spacial score (nSPS) is 11.2. The van der Waals surface area contributed by atoms with E-state index in [1.165, 1.54) is 0 Å². The second-order valence-electron chi connectivity index (χ2n) is 3.77. The average molecular weight is 275 g/mol. The van der Waals surface area contributed by atoms with Crippen molar-refractivity contribution in [1.29, 1.82) is 0 Å². The molecule has 0 aromatic heterocycles. The van der Waals surface area contributed by atoms with Crippen molar-refractivity contribution in [3.63, 3.8) is 0 Å². The Hall–Kier alpha value is -1.63. The highest BCUT2D eigenvalue weighted by Gasteiger charge is 2.16. The third kappa shape index (κ3) is 3.99. The molecule has 0 aliphatic heterocycles. The molecule has 1 rings (SSSR count). The first kappa shape index (κ1) is 14.4. The number of hydrogen-bond acceptors (Lipinski definition) is 3. The molecule has 0 fully saturated rings. The lowest BCUT2D eigenvalue weighted by molar-refractivity contribution is 0.0697. The number of aromatic carboxylic acids is 1. The van der Waals surface area contributed by atoms with E-state index < -0.39 is 27.4 Å². The predicted molar refractivity (Wildman–Crippen MR) is 65.7 cm³/mol. The SMILES string of the molecule is CCCCS(=O)(=O)Nc1ccc(F)cc1C(=O)O. The molecule has 0 aliphatic rings. The molecule has 0 aliphatic carbocycles. The summed E-state index contributed by atoms with van der Waals surface area (Å²) in [5, 5.41) is 8.86. The molecule has 0 amide bonds. The van der Waals surface area contributed by atoms with Crippen LogP contribution in [0.15, 0.2) is 18.2 Å². The van der Waals surface area contributed by atoms with Crippen LogP contribution < -0.4 is 4.72 Å². The minimum absolute atomic E-state index is 0.0973. The average Bonchev–Trinajstić information content (AvgIpc) is 2.28. The maximum Gasteiger partial charge on any atom is 0.337 e. The number of nitrogens with one attached hydrogen (secondary N) is 1. The standard InChI is InChI=1S/C11H14FNO4S/c1-2-3-6-18(16,17)13-10-5-4-8(12)7-9(10)11(14)15/h4-5,7,13H,2-3,6H2,1H3,(H,14,15). The summed E-state index contributed by atoms with van der Waals surface area (Å²) in [6, 6.07) is 2.88. The van der Waals surface area contributed by atoms with E-state index >= 15 is 0 Å². The summed E-state index contributed by atoms with van der Waals surface area (Å²) in [6.45, 7) is 1.84. The van der Waals surface area contributed by atoms with Gasteiger partial charge in [0.2, 0.25) is 10.0 Å². The number of carboxylic acids is 1. The Labute approximate surface area is 105 Å². The Morgan fingerprint density at radius 3 is 2.67 bits per heavy atom. The van der Waals surface area contributed by atoms with Gasteiger partial charge in [-0.2, -0.15) is 0 Å². The summed E-state index contributed by atoms with van der Waals surface area (Å²) in [5.74, 6) is -2.22. The molecule has 100 valence electrons. The number of sulfonamides is 1. The molecule has 0 unspecified atom stereocenters. The summed E-state index contributed by atoms with van der Waals surface area (Å²) in [6.07, 6.45) is 1.18. The maximum absolute atomic E-state index is 12.9. The van der Waals surface area contributed by atoms with Gasteiger partial charge in [-0.1, -0.05) is 13.3 Å². The number of rotatable bonds is 6. The summed E-state index contributed by atoms with van der Waals surface area (Å²) in [5.41, 5.74) is -0.532. The fourth-order valence-electron chi connectivity index (χ4n) is 1.34. The first-order valence-electron chi connectivity index (χ1n) is 5.39. The summed E-state index contributed by atoms with van der Waals surface area (Å²) in [7, 11) is -3.60. The van der Waals surface area contributed by atoms with E-state index in [0.717, 1.165) is 18.2 Å². The Bertz CT molecular complexity index is 542. The van der Waals surface area contributed by atoms with E-state index in [4.69, 9.17) is 5.11 Å². The fraction of sp³-hybridized carbons (Fsp3) is 0.364. The number of benzene rings is 1. The third-order valence-corrected chi connectivity index (χ3v) is 3.60. The van der Waals surface area contributed by atoms with E-state index in [-0.39, 0.29) is 11.4 Å². The second kappa shape index (κ2) is 5.81. The van der Waals surface area contributed by atoms with Crippen molar-refractivity contribution in [2.45, 2.75) is 19.8 Å². The largest absolute Gasteiger partial charge is 0.478 e. The molecule has 1 aromatic carbocycles. The number of carbonyl (C=O) groups is 1. The summed E-state index contributed by atoms with van der Waals surface area (Å²) < 4.78 is 38.3. The van der Waals surface area contributed by atoms with Crippen LogP contribution in [0.25, 0.3) is 0 Å². The Balaban J connectivity index is 3.01. The van der Waals surface area contributed by atoms with Crippen molar-refractivity contribution in [3.05, 3.63) is 29.6 Å². The summed E-state index contributed by atoms with van der Waals surface area (Å²) >= 11 is 0. The van der Waals surface area contributed by atoms with Crippen LogP contribution in [0.3, 0.4) is 0 Å². The van der Waals surface area contributed by atoms with Gasteiger partial charge in [-0.25, -0.2) is 17.6 Å². The lowest BCUT2D eigenvalue weighted by Crippen LogP contribution is -2.18. The van der Waals surface area contributed by atoms with E-state index in [1.807, 2.05) is 6.92 Å². The van der Waals surface area contributed by atoms with Gasteiger partial charge in [0.25, 0.3) is 0 Å². The fourth-order valence-corrected chi connectivity index (χ4v) is 2.62. The number of unbranched alkanes of at least 4 members (excludes halogenated alkanes) is 1. The number of hydrogen-bond donors (Lipinski definition) is 2. The molecule has 5 nitrogen and oxygen atoms in total. The predicted octanol–water partition coefficient (Wildman–Crippen LogP) is 2.07. The van der Waals surface area contributed by atoms with Gasteiger partial charge in [-0.15, -0.1) is 0 Å². The highest BCUT2D eigenvalue weighted by atomic mass is 32.2. The van der Waals surface area contributed by atoms with Crippen LogP contribution in [0.1, 0.15) is 30.1 Å². The van der Waals surface area contributed by atoms with Gasteiger partial charge in [-0.05, 0) is 24.6 Å². The molecule has 0 saturated heterocycles. The quantitative estimate of drug-likeness (QED) is 0.832. The highest BCUT2D eigenvalue weighted by Crippen LogP contribution is 2.18. The zero-order valence-electron chi connectivity index (χ0n) is 9.81. The first-order valence-corrected chi connectivity index (χ1v) is 7.04. The molecular weight excluding hydrogens is 261 g/mol. The lowest BCUT2D eigenvalue weighted by Gasteiger charge is -2.10. The molecule has 1 aromatic rings. The molecule has 0 bridgehead atoms. The molecule has 0 radical (unpaired) electrons. The Morgan fingerprint density at radius 1 is 1.44 bits per heavy atom. The second-order valence-corrected chi connectivity index (χ2v) is 5.61. The van der Waals surface area contributed by atoms with Crippen molar-refractivity contribution >= 4 is 21.7 Å². The van der Waals surface area contributed by atoms with Crippen LogP contribution in [0, 0.1) is 5.82 Å². The van der Waals surface area contributed by atoms with Gasteiger partial charge in [-0.3, -0.25) is 4.72 Å².